The molecule has 8 heteroatoms. The van der Waals surface area contributed by atoms with Crippen molar-refractivity contribution >= 4 is 23.5 Å². The lowest BCUT2D eigenvalue weighted by Gasteiger charge is -2.34. The van der Waals surface area contributed by atoms with Crippen molar-refractivity contribution in [3.63, 3.8) is 0 Å². The molecule has 1 unspecified atom stereocenters. The fourth-order valence-corrected chi connectivity index (χ4v) is 2.19. The third-order valence-electron chi connectivity index (χ3n) is 3.21. The number of carbonyl (C=O) groups is 3. The Morgan fingerprint density at radius 2 is 2.19 bits per heavy atom. The number of benzene rings is 1. The van der Waals surface area contributed by atoms with E-state index < -0.39 is 36.1 Å². The van der Waals surface area contributed by atoms with E-state index in [1.807, 2.05) is 0 Å². The Morgan fingerprint density at radius 1 is 1.48 bits per heavy atom. The van der Waals surface area contributed by atoms with Gasteiger partial charge in [-0.15, -0.1) is 0 Å². The number of aliphatic carboxylic acids is 1. The van der Waals surface area contributed by atoms with Gasteiger partial charge in [0, 0.05) is 18.8 Å². The summed E-state index contributed by atoms with van der Waals surface area (Å²) in [6, 6.07) is 2.20. The van der Waals surface area contributed by atoms with Gasteiger partial charge in [0.1, 0.15) is 11.9 Å². The van der Waals surface area contributed by atoms with Crippen LogP contribution in [0.5, 0.6) is 0 Å². The molecule has 0 bridgehead atoms. The van der Waals surface area contributed by atoms with E-state index in [9.17, 15) is 18.8 Å². The van der Waals surface area contributed by atoms with Gasteiger partial charge in [0.2, 0.25) is 5.91 Å². The molecule has 1 fully saturated rings. The third kappa shape index (κ3) is 3.10. The molecule has 21 heavy (non-hydrogen) atoms. The van der Waals surface area contributed by atoms with Crippen LogP contribution in [0, 0.1) is 5.82 Å². The van der Waals surface area contributed by atoms with Crippen molar-refractivity contribution in [1.29, 1.82) is 0 Å². The van der Waals surface area contributed by atoms with Crippen molar-refractivity contribution in [2.24, 2.45) is 0 Å². The normalized spacial score (nSPS) is 18.2. The van der Waals surface area contributed by atoms with Gasteiger partial charge in [0.25, 0.3) is 5.91 Å². The first-order valence-electron chi connectivity index (χ1n) is 6.25. The summed E-state index contributed by atoms with van der Waals surface area (Å²) in [5, 5.41) is 11.3. The molecule has 1 aliphatic rings. The maximum atomic E-state index is 13.3. The average molecular weight is 295 g/mol. The first-order chi connectivity index (χ1) is 9.90. The Balaban J connectivity index is 2.32. The van der Waals surface area contributed by atoms with Crippen LogP contribution in [-0.4, -0.2) is 46.9 Å². The Morgan fingerprint density at radius 3 is 2.86 bits per heavy atom. The quantitative estimate of drug-likeness (QED) is 0.670. The number of nitrogens with two attached hydrogens (primary N) is 1. The van der Waals surface area contributed by atoms with Crippen LogP contribution in [0.4, 0.5) is 10.1 Å². The highest BCUT2D eigenvalue weighted by Crippen LogP contribution is 2.19. The summed E-state index contributed by atoms with van der Waals surface area (Å²) in [4.78, 5) is 36.1. The number of nitrogen functional groups attached to an aromatic ring is 1. The van der Waals surface area contributed by atoms with Crippen LogP contribution in [0.3, 0.4) is 0 Å². The second kappa shape index (κ2) is 5.78. The smallest absolute Gasteiger partial charge is 0.305 e. The topological polar surface area (TPSA) is 113 Å². The number of halogens is 1. The zero-order chi connectivity index (χ0) is 15.6. The number of anilines is 1. The van der Waals surface area contributed by atoms with E-state index in [2.05, 4.69) is 5.32 Å². The Hall–Kier alpha value is -2.64. The fraction of sp³-hybridized carbons (Fsp3) is 0.308. The van der Waals surface area contributed by atoms with Crippen LogP contribution >= 0.6 is 0 Å². The van der Waals surface area contributed by atoms with E-state index in [0.29, 0.717) is 0 Å². The van der Waals surface area contributed by atoms with Gasteiger partial charge in [-0.3, -0.25) is 14.4 Å². The number of hydrogen-bond acceptors (Lipinski definition) is 4. The second-order valence-corrected chi connectivity index (χ2v) is 4.63. The fourth-order valence-electron chi connectivity index (χ4n) is 2.19. The van der Waals surface area contributed by atoms with Gasteiger partial charge in [-0.2, -0.15) is 0 Å². The molecule has 1 atom stereocenters. The Labute approximate surface area is 119 Å². The molecule has 2 rings (SSSR count). The van der Waals surface area contributed by atoms with E-state index in [4.69, 9.17) is 10.8 Å². The molecule has 1 aromatic carbocycles. The summed E-state index contributed by atoms with van der Waals surface area (Å²) in [6.07, 6.45) is -0.521. The number of carboxylic acids is 1. The zero-order valence-electron chi connectivity index (χ0n) is 11.0. The molecule has 0 saturated carbocycles. The second-order valence-electron chi connectivity index (χ2n) is 4.63. The minimum atomic E-state index is -1.21. The number of nitrogens with one attached hydrogen (secondary N) is 1. The molecular weight excluding hydrogens is 281 g/mol. The standard InChI is InChI=1S/C13H14FN3O4/c14-7-1-2-9(15)8(5-7)13(21)17-4-3-16-12(20)10(17)6-11(18)19/h1-2,5,10H,3-4,6,15H2,(H,16,20)(H,18,19). The summed E-state index contributed by atoms with van der Waals surface area (Å²) in [5.74, 6) is -3.05. The van der Waals surface area contributed by atoms with Crippen molar-refractivity contribution in [2.75, 3.05) is 18.8 Å². The maximum Gasteiger partial charge on any atom is 0.305 e. The summed E-state index contributed by atoms with van der Waals surface area (Å²) in [5.41, 5.74) is 5.63. The number of carboxylic acid groups (broad SMARTS) is 1. The summed E-state index contributed by atoms with van der Waals surface area (Å²) in [7, 11) is 0. The number of nitrogens with zero attached hydrogens (tertiary/aromatic N) is 1. The Kier molecular flexibility index (Phi) is 4.06. The first kappa shape index (κ1) is 14.8. The van der Waals surface area contributed by atoms with E-state index in [1.54, 1.807) is 0 Å². The Bertz CT molecular complexity index is 605. The number of hydrogen-bond donors (Lipinski definition) is 3. The molecule has 1 saturated heterocycles. The molecule has 112 valence electrons. The van der Waals surface area contributed by atoms with Crippen LogP contribution < -0.4 is 11.1 Å². The SMILES string of the molecule is Nc1ccc(F)cc1C(=O)N1CCNC(=O)C1CC(=O)O. The molecular formula is C13H14FN3O4. The van der Waals surface area contributed by atoms with Gasteiger partial charge in [0.15, 0.2) is 0 Å². The number of amides is 2. The van der Waals surface area contributed by atoms with E-state index >= 15 is 0 Å². The number of rotatable bonds is 3. The van der Waals surface area contributed by atoms with Gasteiger partial charge in [-0.05, 0) is 18.2 Å². The molecule has 0 spiro atoms. The van der Waals surface area contributed by atoms with Crippen molar-refractivity contribution < 1.29 is 23.9 Å². The lowest BCUT2D eigenvalue weighted by Crippen LogP contribution is -2.57. The molecule has 1 aromatic rings. The van der Waals surface area contributed by atoms with Gasteiger partial charge in [-0.25, -0.2) is 4.39 Å². The van der Waals surface area contributed by atoms with Gasteiger partial charge >= 0.3 is 5.97 Å². The first-order valence-corrected chi connectivity index (χ1v) is 6.25. The molecule has 0 radical (unpaired) electrons. The minimum absolute atomic E-state index is 0.0708. The predicted molar refractivity (Wildman–Crippen MR) is 70.9 cm³/mol. The van der Waals surface area contributed by atoms with Gasteiger partial charge in [-0.1, -0.05) is 0 Å². The largest absolute Gasteiger partial charge is 0.481 e. The maximum absolute atomic E-state index is 13.3. The third-order valence-corrected chi connectivity index (χ3v) is 3.21. The molecule has 1 heterocycles. The van der Waals surface area contributed by atoms with E-state index in [1.165, 1.54) is 6.07 Å². The molecule has 1 aliphatic heterocycles. The average Bonchev–Trinajstić information content (AvgIpc) is 2.42. The van der Waals surface area contributed by atoms with E-state index in [-0.39, 0.29) is 24.3 Å². The summed E-state index contributed by atoms with van der Waals surface area (Å²) < 4.78 is 13.3. The van der Waals surface area contributed by atoms with Crippen LogP contribution in [0.1, 0.15) is 16.8 Å². The highest BCUT2D eigenvalue weighted by molar-refractivity contribution is 6.02. The van der Waals surface area contributed by atoms with Crippen molar-refractivity contribution in [1.82, 2.24) is 10.2 Å². The summed E-state index contributed by atoms with van der Waals surface area (Å²) in [6.45, 7) is 0.342. The molecule has 0 aromatic heterocycles. The van der Waals surface area contributed by atoms with Gasteiger partial charge in [0.05, 0.1) is 12.0 Å². The predicted octanol–water partition coefficient (Wildman–Crippen LogP) is -0.177. The lowest BCUT2D eigenvalue weighted by atomic mass is 10.1. The van der Waals surface area contributed by atoms with Crippen LogP contribution in [0.2, 0.25) is 0 Å². The molecule has 7 nitrogen and oxygen atoms in total. The number of carbonyl (C=O) groups excluding carboxylic acids is 2. The van der Waals surface area contributed by atoms with Crippen LogP contribution in [0.25, 0.3) is 0 Å². The highest BCUT2D eigenvalue weighted by Gasteiger charge is 2.35. The van der Waals surface area contributed by atoms with Crippen LogP contribution in [-0.2, 0) is 9.59 Å². The minimum Gasteiger partial charge on any atom is -0.481 e. The molecule has 2 amide bonds. The van der Waals surface area contributed by atoms with E-state index in [0.717, 1.165) is 17.0 Å². The molecule has 4 N–H and O–H groups in total. The van der Waals surface area contributed by atoms with Crippen molar-refractivity contribution in [3.05, 3.63) is 29.6 Å². The molecule has 0 aliphatic carbocycles. The van der Waals surface area contributed by atoms with Crippen molar-refractivity contribution in [3.8, 4) is 0 Å². The van der Waals surface area contributed by atoms with Crippen LogP contribution in [0.15, 0.2) is 18.2 Å². The highest BCUT2D eigenvalue weighted by atomic mass is 19.1. The monoisotopic (exact) mass is 295 g/mol. The zero-order valence-corrected chi connectivity index (χ0v) is 11.0. The number of piperazine rings is 1. The lowest BCUT2D eigenvalue weighted by molar-refractivity contribution is -0.142. The van der Waals surface area contributed by atoms with Gasteiger partial charge < -0.3 is 21.1 Å². The van der Waals surface area contributed by atoms with Crippen molar-refractivity contribution in [2.45, 2.75) is 12.5 Å². The summed E-state index contributed by atoms with van der Waals surface area (Å²) >= 11 is 0.